The molecule has 1 aliphatic heterocycles. The maximum Gasteiger partial charge on any atom is 0.143 e. The van der Waals surface area contributed by atoms with Crippen LogP contribution in [0.2, 0.25) is 0 Å². The Kier molecular flexibility index (Phi) is 3.38. The molecular weight excluding hydrogens is 221 g/mol. The highest BCUT2D eigenvalue weighted by atomic mass is 19.1. The summed E-state index contributed by atoms with van der Waals surface area (Å²) in [6.45, 7) is 1.09. The SMILES string of the molecule is COc1cc(N2CC[C@H](N)[C@H](F)C2)ccc1N. The van der Waals surface area contributed by atoms with Gasteiger partial charge in [-0.25, -0.2) is 4.39 Å². The molecule has 1 saturated heterocycles. The first-order valence-corrected chi connectivity index (χ1v) is 5.70. The van der Waals surface area contributed by atoms with E-state index >= 15 is 0 Å². The second kappa shape index (κ2) is 4.79. The largest absolute Gasteiger partial charge is 0.495 e. The molecule has 94 valence electrons. The van der Waals surface area contributed by atoms with Gasteiger partial charge in [0.1, 0.15) is 11.9 Å². The predicted molar refractivity (Wildman–Crippen MR) is 67.1 cm³/mol. The third kappa shape index (κ3) is 2.44. The third-order valence-corrected chi connectivity index (χ3v) is 3.17. The van der Waals surface area contributed by atoms with Crippen molar-refractivity contribution in [2.75, 3.05) is 30.8 Å². The highest BCUT2D eigenvalue weighted by Crippen LogP contribution is 2.29. The molecule has 1 aliphatic rings. The van der Waals surface area contributed by atoms with E-state index in [1.807, 2.05) is 17.0 Å². The van der Waals surface area contributed by atoms with Crippen LogP contribution < -0.4 is 21.1 Å². The highest BCUT2D eigenvalue weighted by molar-refractivity contribution is 5.62. The normalized spacial score (nSPS) is 24.8. The van der Waals surface area contributed by atoms with Gasteiger partial charge in [0.2, 0.25) is 0 Å². The van der Waals surface area contributed by atoms with Crippen molar-refractivity contribution >= 4 is 11.4 Å². The Labute approximate surface area is 100 Å². The van der Waals surface area contributed by atoms with Crippen molar-refractivity contribution in [3.63, 3.8) is 0 Å². The molecule has 0 amide bonds. The molecular formula is C12H18FN3O. The summed E-state index contributed by atoms with van der Waals surface area (Å²) in [5, 5.41) is 0. The van der Waals surface area contributed by atoms with Crippen molar-refractivity contribution in [3.05, 3.63) is 18.2 Å². The highest BCUT2D eigenvalue weighted by Gasteiger charge is 2.26. The van der Waals surface area contributed by atoms with Crippen molar-refractivity contribution in [2.45, 2.75) is 18.6 Å². The van der Waals surface area contributed by atoms with Crippen LogP contribution in [-0.2, 0) is 0 Å². The molecule has 0 bridgehead atoms. The number of nitrogens with two attached hydrogens (primary N) is 2. The second-order valence-electron chi connectivity index (χ2n) is 4.34. The smallest absolute Gasteiger partial charge is 0.143 e. The van der Waals surface area contributed by atoms with E-state index in [4.69, 9.17) is 16.2 Å². The Morgan fingerprint density at radius 1 is 1.47 bits per heavy atom. The number of nitrogens with zero attached hydrogens (tertiary/aromatic N) is 1. The molecule has 0 aromatic heterocycles. The molecule has 0 aliphatic carbocycles. The molecule has 4 nitrogen and oxygen atoms in total. The Morgan fingerprint density at radius 2 is 2.24 bits per heavy atom. The number of hydrogen-bond acceptors (Lipinski definition) is 4. The van der Waals surface area contributed by atoms with Crippen molar-refractivity contribution < 1.29 is 9.13 Å². The van der Waals surface area contributed by atoms with Gasteiger partial charge in [0.05, 0.1) is 19.3 Å². The lowest BCUT2D eigenvalue weighted by Gasteiger charge is -2.34. The predicted octanol–water partition coefficient (Wildman–Crippen LogP) is 1.15. The Morgan fingerprint density at radius 3 is 2.88 bits per heavy atom. The standard InChI is InChI=1S/C12H18FN3O/c1-17-12-6-8(2-3-11(12)15)16-5-4-10(14)9(13)7-16/h2-3,6,9-10H,4-5,7,14-15H2,1H3/t9-,10+/m1/s1. The molecule has 1 fully saturated rings. The first kappa shape index (κ1) is 12.0. The van der Waals surface area contributed by atoms with Gasteiger partial charge < -0.3 is 21.1 Å². The zero-order valence-electron chi connectivity index (χ0n) is 9.90. The topological polar surface area (TPSA) is 64.5 Å². The van der Waals surface area contributed by atoms with Gasteiger partial charge in [-0.2, -0.15) is 0 Å². The fourth-order valence-corrected chi connectivity index (χ4v) is 2.05. The molecule has 0 spiro atoms. The summed E-state index contributed by atoms with van der Waals surface area (Å²) in [5.74, 6) is 0.618. The number of piperidine rings is 1. The number of nitrogen functional groups attached to an aromatic ring is 1. The second-order valence-corrected chi connectivity index (χ2v) is 4.34. The summed E-state index contributed by atoms with van der Waals surface area (Å²) in [6, 6.07) is 5.14. The minimum absolute atomic E-state index is 0.328. The number of rotatable bonds is 2. The lowest BCUT2D eigenvalue weighted by Crippen LogP contribution is -2.48. The minimum Gasteiger partial charge on any atom is -0.495 e. The molecule has 4 N–H and O–H groups in total. The fourth-order valence-electron chi connectivity index (χ4n) is 2.05. The summed E-state index contributed by atoms with van der Waals surface area (Å²) < 4.78 is 18.7. The molecule has 5 heteroatoms. The Bertz CT molecular complexity index is 399. The van der Waals surface area contributed by atoms with Crippen LogP contribution in [-0.4, -0.2) is 32.4 Å². The number of benzene rings is 1. The lowest BCUT2D eigenvalue weighted by atomic mass is 10.0. The Hall–Kier alpha value is -1.49. The van der Waals surface area contributed by atoms with Gasteiger partial charge in [0.15, 0.2) is 0 Å². The van der Waals surface area contributed by atoms with E-state index in [-0.39, 0.29) is 6.04 Å². The summed E-state index contributed by atoms with van der Waals surface area (Å²) in [4.78, 5) is 1.97. The van der Waals surface area contributed by atoms with Gasteiger partial charge in [0, 0.05) is 24.3 Å². The average molecular weight is 239 g/mol. The molecule has 17 heavy (non-hydrogen) atoms. The van der Waals surface area contributed by atoms with E-state index in [2.05, 4.69) is 0 Å². The van der Waals surface area contributed by atoms with Gasteiger partial charge in [-0.3, -0.25) is 0 Å². The zero-order valence-corrected chi connectivity index (χ0v) is 9.90. The van der Waals surface area contributed by atoms with Crippen LogP contribution in [0.3, 0.4) is 0 Å². The van der Waals surface area contributed by atoms with E-state index in [1.165, 1.54) is 0 Å². The van der Waals surface area contributed by atoms with Gasteiger partial charge in [-0.1, -0.05) is 0 Å². The van der Waals surface area contributed by atoms with E-state index in [9.17, 15) is 4.39 Å². The maximum atomic E-state index is 13.6. The first-order valence-electron chi connectivity index (χ1n) is 5.70. The van der Waals surface area contributed by atoms with Crippen LogP contribution in [0.4, 0.5) is 15.8 Å². The van der Waals surface area contributed by atoms with Crippen molar-refractivity contribution in [1.82, 2.24) is 0 Å². The molecule has 1 heterocycles. The van der Waals surface area contributed by atoms with Gasteiger partial charge >= 0.3 is 0 Å². The zero-order chi connectivity index (χ0) is 12.4. The van der Waals surface area contributed by atoms with Gasteiger partial charge in [-0.15, -0.1) is 0 Å². The van der Waals surface area contributed by atoms with Crippen LogP contribution in [0.5, 0.6) is 5.75 Å². The molecule has 1 aromatic carbocycles. The van der Waals surface area contributed by atoms with Crippen LogP contribution in [0, 0.1) is 0 Å². The number of halogens is 1. The van der Waals surface area contributed by atoms with E-state index in [0.717, 1.165) is 12.2 Å². The molecule has 0 saturated carbocycles. The van der Waals surface area contributed by atoms with E-state index in [1.54, 1.807) is 13.2 Å². The van der Waals surface area contributed by atoms with E-state index < -0.39 is 6.17 Å². The van der Waals surface area contributed by atoms with Crippen LogP contribution in [0.25, 0.3) is 0 Å². The fraction of sp³-hybridized carbons (Fsp3) is 0.500. The number of ether oxygens (including phenoxy) is 1. The number of alkyl halides is 1. The van der Waals surface area contributed by atoms with Crippen LogP contribution in [0.1, 0.15) is 6.42 Å². The molecule has 0 unspecified atom stereocenters. The van der Waals surface area contributed by atoms with Gasteiger partial charge in [-0.05, 0) is 18.6 Å². The van der Waals surface area contributed by atoms with Gasteiger partial charge in [0.25, 0.3) is 0 Å². The summed E-state index contributed by atoms with van der Waals surface area (Å²) >= 11 is 0. The lowest BCUT2D eigenvalue weighted by molar-refractivity contribution is 0.251. The summed E-state index contributed by atoms with van der Waals surface area (Å²) in [7, 11) is 1.57. The molecule has 1 aromatic rings. The Balaban J connectivity index is 2.17. The molecule has 2 atom stereocenters. The van der Waals surface area contributed by atoms with E-state index in [0.29, 0.717) is 24.4 Å². The number of methoxy groups -OCH3 is 1. The maximum absolute atomic E-state index is 13.6. The molecule has 0 radical (unpaired) electrons. The minimum atomic E-state index is -0.979. The third-order valence-electron chi connectivity index (χ3n) is 3.17. The van der Waals surface area contributed by atoms with Crippen LogP contribution >= 0.6 is 0 Å². The number of anilines is 2. The average Bonchev–Trinajstić information content (AvgIpc) is 2.33. The van der Waals surface area contributed by atoms with Crippen LogP contribution in [0.15, 0.2) is 18.2 Å². The quantitative estimate of drug-likeness (QED) is 0.760. The van der Waals surface area contributed by atoms with Crippen molar-refractivity contribution in [3.8, 4) is 5.75 Å². The summed E-state index contributed by atoms with van der Waals surface area (Å²) in [5.41, 5.74) is 12.9. The first-order chi connectivity index (χ1) is 8.11. The molecule has 2 rings (SSSR count). The monoisotopic (exact) mass is 239 g/mol. The van der Waals surface area contributed by atoms with Crippen molar-refractivity contribution in [1.29, 1.82) is 0 Å². The van der Waals surface area contributed by atoms with Crippen molar-refractivity contribution in [2.24, 2.45) is 5.73 Å². The number of hydrogen-bond donors (Lipinski definition) is 2. The summed E-state index contributed by atoms with van der Waals surface area (Å²) in [6.07, 6.45) is -0.319.